The van der Waals surface area contributed by atoms with Gasteiger partial charge in [0.1, 0.15) is 11.4 Å². The van der Waals surface area contributed by atoms with Crippen LogP contribution >= 0.6 is 0 Å². The Kier molecular flexibility index (Phi) is 5.00. The number of carbonyl (C=O) groups excluding carboxylic acids is 1. The Morgan fingerprint density at radius 3 is 2.58 bits per heavy atom. The van der Waals surface area contributed by atoms with Crippen molar-refractivity contribution >= 4 is 13.9 Å². The third kappa shape index (κ3) is 4.95. The van der Waals surface area contributed by atoms with Crippen molar-refractivity contribution in [2.75, 3.05) is 0 Å². The molecule has 1 aromatic rings. The van der Waals surface area contributed by atoms with E-state index < -0.39 is 6.04 Å². The molecule has 0 aliphatic heterocycles. The van der Waals surface area contributed by atoms with Gasteiger partial charge in [-0.3, -0.25) is 4.79 Å². The Bertz CT molecular complexity index is 455. The predicted molar refractivity (Wildman–Crippen MR) is 77.1 cm³/mol. The minimum absolute atomic E-state index is 0.234. The number of benzene rings is 1. The zero-order chi connectivity index (χ0) is 14.6. The third-order valence-corrected chi connectivity index (χ3v) is 2.59. The van der Waals surface area contributed by atoms with E-state index in [-0.39, 0.29) is 11.5 Å². The summed E-state index contributed by atoms with van der Waals surface area (Å²) in [7, 11) is 5.05. The Labute approximate surface area is 116 Å². The highest BCUT2D eigenvalue weighted by Crippen LogP contribution is 2.24. The average molecular weight is 260 g/mol. The van der Waals surface area contributed by atoms with Crippen molar-refractivity contribution in [3.8, 4) is 5.75 Å². The Morgan fingerprint density at radius 1 is 1.47 bits per heavy atom. The molecule has 2 radical (unpaired) electrons. The molecule has 0 fully saturated rings. The molecule has 0 saturated heterocycles. The van der Waals surface area contributed by atoms with Gasteiger partial charge in [-0.1, -0.05) is 12.1 Å². The summed E-state index contributed by atoms with van der Waals surface area (Å²) in [6, 6.07) is 5.16. The summed E-state index contributed by atoms with van der Waals surface area (Å²) in [5.41, 5.74) is 7.49. The maximum Gasteiger partial charge on any atom is 0.226 e. The van der Waals surface area contributed by atoms with Gasteiger partial charge in [0, 0.05) is 0 Å². The monoisotopic (exact) mass is 260 g/mol. The highest BCUT2D eigenvalue weighted by Gasteiger charge is 2.15. The summed E-state index contributed by atoms with van der Waals surface area (Å²) >= 11 is 0. The maximum atomic E-state index is 11.3. The molecule has 0 heterocycles. The number of ether oxygens (including phenoxy) is 1. The van der Waals surface area contributed by atoms with E-state index in [9.17, 15) is 4.79 Å². The van der Waals surface area contributed by atoms with E-state index in [2.05, 4.69) is 5.23 Å². The van der Waals surface area contributed by atoms with Gasteiger partial charge in [0.25, 0.3) is 0 Å². The SMILES string of the molecule is [B]NC(=O)[C@@H](N)Cc1ccc(OC(C)(C)C)c(C)c1. The minimum Gasteiger partial charge on any atom is -0.488 e. The van der Waals surface area contributed by atoms with E-state index >= 15 is 0 Å². The van der Waals surface area contributed by atoms with Crippen LogP contribution in [0.5, 0.6) is 5.75 Å². The second-order valence-electron chi connectivity index (χ2n) is 5.63. The van der Waals surface area contributed by atoms with Crippen molar-refractivity contribution in [3.63, 3.8) is 0 Å². The van der Waals surface area contributed by atoms with Crippen LogP contribution in [-0.2, 0) is 11.2 Å². The van der Waals surface area contributed by atoms with Crippen molar-refractivity contribution in [1.82, 2.24) is 5.23 Å². The zero-order valence-electron chi connectivity index (χ0n) is 12.0. The summed E-state index contributed by atoms with van der Waals surface area (Å²) in [4.78, 5) is 11.3. The summed E-state index contributed by atoms with van der Waals surface area (Å²) < 4.78 is 5.83. The molecular formula is C14H21BN2O2. The van der Waals surface area contributed by atoms with Crippen molar-refractivity contribution < 1.29 is 9.53 Å². The first-order valence-electron chi connectivity index (χ1n) is 6.27. The topological polar surface area (TPSA) is 64.4 Å². The van der Waals surface area contributed by atoms with E-state index in [4.69, 9.17) is 18.5 Å². The van der Waals surface area contributed by atoms with Gasteiger partial charge < -0.3 is 15.7 Å². The fraction of sp³-hybridized carbons (Fsp3) is 0.500. The fourth-order valence-corrected chi connectivity index (χ4v) is 1.74. The van der Waals surface area contributed by atoms with E-state index in [1.165, 1.54) is 0 Å². The molecule has 1 rings (SSSR count). The number of nitrogens with two attached hydrogens (primary N) is 1. The Balaban J connectivity index is 2.80. The van der Waals surface area contributed by atoms with Crippen molar-refractivity contribution in [1.29, 1.82) is 0 Å². The van der Waals surface area contributed by atoms with Gasteiger partial charge in [-0.05, 0) is 51.3 Å². The molecule has 1 amide bonds. The lowest BCUT2D eigenvalue weighted by atomic mass is 10.0. The summed E-state index contributed by atoms with van der Waals surface area (Å²) in [6.45, 7) is 7.98. The van der Waals surface area contributed by atoms with Crippen LogP contribution in [0.2, 0.25) is 0 Å². The first-order valence-corrected chi connectivity index (χ1v) is 6.27. The second-order valence-corrected chi connectivity index (χ2v) is 5.63. The van der Waals surface area contributed by atoms with Crippen molar-refractivity contribution in [3.05, 3.63) is 29.3 Å². The Hall–Kier alpha value is -1.49. The normalized spacial score (nSPS) is 12.9. The molecule has 4 nitrogen and oxygen atoms in total. The smallest absolute Gasteiger partial charge is 0.226 e. The molecule has 5 heteroatoms. The summed E-state index contributed by atoms with van der Waals surface area (Å²) in [5, 5.41) is 2.05. The van der Waals surface area contributed by atoms with E-state index in [1.54, 1.807) is 0 Å². The zero-order valence-corrected chi connectivity index (χ0v) is 12.0. The van der Waals surface area contributed by atoms with Gasteiger partial charge in [-0.2, -0.15) is 0 Å². The average Bonchev–Trinajstić information content (AvgIpc) is 2.30. The Morgan fingerprint density at radius 2 is 2.11 bits per heavy atom. The summed E-state index contributed by atoms with van der Waals surface area (Å²) in [5.74, 6) is 0.473. The third-order valence-electron chi connectivity index (χ3n) is 2.59. The molecule has 0 aliphatic rings. The van der Waals surface area contributed by atoms with Crippen molar-refractivity contribution in [2.45, 2.75) is 45.8 Å². The molecule has 1 aromatic carbocycles. The molecule has 0 aliphatic carbocycles. The number of nitrogens with one attached hydrogen (secondary N) is 1. The molecule has 102 valence electrons. The van der Waals surface area contributed by atoms with Gasteiger partial charge >= 0.3 is 0 Å². The highest BCUT2D eigenvalue weighted by atomic mass is 16.5. The lowest BCUT2D eigenvalue weighted by molar-refractivity contribution is -0.120. The first-order chi connectivity index (χ1) is 8.73. The molecule has 0 spiro atoms. The van der Waals surface area contributed by atoms with Gasteiger partial charge in [0.15, 0.2) is 0 Å². The second kappa shape index (κ2) is 6.11. The summed E-state index contributed by atoms with van der Waals surface area (Å²) in [6.07, 6.45) is 0.444. The van der Waals surface area contributed by atoms with E-state index in [1.807, 2.05) is 45.9 Å². The standard InChI is InChI=1S/C14H21BN2O2/c1-9-7-10(8-11(16)13(18)17-15)5-6-12(9)19-14(2,3)4/h5-7,11H,8,16H2,1-4H3,(H,17,18)/t11-/m0/s1. The molecule has 0 saturated carbocycles. The molecule has 0 aromatic heterocycles. The first kappa shape index (κ1) is 15.6. The van der Waals surface area contributed by atoms with E-state index in [0.29, 0.717) is 6.42 Å². The van der Waals surface area contributed by atoms with Crippen LogP contribution in [-0.4, -0.2) is 25.5 Å². The molecule has 1 atom stereocenters. The van der Waals surface area contributed by atoms with Crippen LogP contribution in [0.15, 0.2) is 18.2 Å². The fourth-order valence-electron chi connectivity index (χ4n) is 1.74. The van der Waals surface area contributed by atoms with Gasteiger partial charge in [-0.25, -0.2) is 0 Å². The molecule has 0 unspecified atom stereocenters. The van der Waals surface area contributed by atoms with Crippen molar-refractivity contribution in [2.24, 2.45) is 5.73 Å². The molecule has 19 heavy (non-hydrogen) atoms. The largest absolute Gasteiger partial charge is 0.488 e. The van der Waals surface area contributed by atoms with Crippen LogP contribution < -0.4 is 15.7 Å². The number of rotatable bonds is 4. The van der Waals surface area contributed by atoms with Crippen LogP contribution in [0, 0.1) is 6.92 Å². The van der Waals surface area contributed by atoms with Crippen LogP contribution in [0.4, 0.5) is 0 Å². The number of carbonyl (C=O) groups is 1. The number of aryl methyl sites for hydroxylation is 1. The predicted octanol–water partition coefficient (Wildman–Crippen LogP) is 1.24. The van der Waals surface area contributed by atoms with Gasteiger partial charge in [0.05, 0.1) is 6.04 Å². The molecule has 3 N–H and O–H groups in total. The van der Waals surface area contributed by atoms with E-state index in [0.717, 1.165) is 16.9 Å². The van der Waals surface area contributed by atoms with Crippen LogP contribution in [0.3, 0.4) is 0 Å². The maximum absolute atomic E-state index is 11.3. The van der Waals surface area contributed by atoms with Gasteiger partial charge in [0.2, 0.25) is 13.9 Å². The number of hydrogen-bond acceptors (Lipinski definition) is 3. The molecular weight excluding hydrogens is 239 g/mol. The lowest BCUT2D eigenvalue weighted by Crippen LogP contribution is -2.40. The number of amides is 1. The quantitative estimate of drug-likeness (QED) is 0.800. The van der Waals surface area contributed by atoms with Crippen LogP contribution in [0.1, 0.15) is 31.9 Å². The number of hydrogen-bond donors (Lipinski definition) is 2. The van der Waals surface area contributed by atoms with Gasteiger partial charge in [-0.15, -0.1) is 0 Å². The lowest BCUT2D eigenvalue weighted by Gasteiger charge is -2.23. The minimum atomic E-state index is -0.640. The van der Waals surface area contributed by atoms with Crippen LogP contribution in [0.25, 0.3) is 0 Å². The molecule has 0 bridgehead atoms. The highest BCUT2D eigenvalue weighted by molar-refractivity contribution is 6.15.